The van der Waals surface area contributed by atoms with E-state index in [1.165, 1.54) is 0 Å². The minimum atomic E-state index is -3.14. The van der Waals surface area contributed by atoms with Crippen LogP contribution in [0, 0.1) is 0 Å². The van der Waals surface area contributed by atoms with Gasteiger partial charge in [-0.05, 0) is 30.5 Å². The minimum absolute atomic E-state index is 0.0301. The van der Waals surface area contributed by atoms with Crippen molar-refractivity contribution in [1.82, 2.24) is 4.98 Å². The summed E-state index contributed by atoms with van der Waals surface area (Å²) in [6.07, 6.45) is 3.25. The maximum Gasteiger partial charge on any atom is 0.156 e. The second-order valence-electron chi connectivity index (χ2n) is 4.55. The molecule has 2 N–H and O–H groups in total. The van der Waals surface area contributed by atoms with Gasteiger partial charge in [0.15, 0.2) is 9.84 Å². The van der Waals surface area contributed by atoms with E-state index in [1.54, 1.807) is 18.3 Å². The largest absolute Gasteiger partial charge is 0.377 e. The first kappa shape index (κ1) is 13.5. The van der Waals surface area contributed by atoms with Crippen LogP contribution in [0.2, 0.25) is 0 Å². The van der Waals surface area contributed by atoms with Crippen molar-refractivity contribution in [1.29, 1.82) is 0 Å². The molecule has 5 nitrogen and oxygen atoms in total. The van der Waals surface area contributed by atoms with Crippen molar-refractivity contribution in [3.05, 3.63) is 29.6 Å². The van der Waals surface area contributed by atoms with Crippen LogP contribution in [-0.4, -0.2) is 31.9 Å². The predicted molar refractivity (Wildman–Crippen MR) is 68.6 cm³/mol. The highest BCUT2D eigenvalue weighted by atomic mass is 32.2. The van der Waals surface area contributed by atoms with Gasteiger partial charge in [0.2, 0.25) is 0 Å². The van der Waals surface area contributed by atoms with Crippen molar-refractivity contribution in [3.8, 4) is 0 Å². The molecular formula is C12H18N2O3S. The lowest BCUT2D eigenvalue weighted by Gasteiger charge is -2.10. The second-order valence-corrected chi connectivity index (χ2v) is 6.66. The summed E-state index contributed by atoms with van der Waals surface area (Å²) in [5, 5.41) is 0. The maximum absolute atomic E-state index is 12.0. The van der Waals surface area contributed by atoms with Gasteiger partial charge in [-0.3, -0.25) is 4.98 Å². The normalized spacial score (nSPS) is 20.2. The maximum atomic E-state index is 12.0. The van der Waals surface area contributed by atoms with Gasteiger partial charge in [-0.1, -0.05) is 0 Å². The predicted octanol–water partition coefficient (Wildman–Crippen LogP) is 0.634. The molecule has 0 saturated carbocycles. The molecule has 2 rings (SSSR count). The van der Waals surface area contributed by atoms with Crippen LogP contribution in [0.1, 0.15) is 24.1 Å². The van der Waals surface area contributed by atoms with Crippen LogP contribution in [0.3, 0.4) is 0 Å². The third-order valence-electron chi connectivity index (χ3n) is 2.94. The minimum Gasteiger partial charge on any atom is -0.377 e. The number of pyridine rings is 1. The Balaban J connectivity index is 2.02. The molecule has 18 heavy (non-hydrogen) atoms. The first-order valence-electron chi connectivity index (χ1n) is 6.05. The van der Waals surface area contributed by atoms with Crippen molar-refractivity contribution < 1.29 is 13.2 Å². The summed E-state index contributed by atoms with van der Waals surface area (Å²) >= 11 is 0. The summed E-state index contributed by atoms with van der Waals surface area (Å²) in [6.45, 7) is 0.992. The zero-order valence-corrected chi connectivity index (χ0v) is 11.0. The first-order valence-corrected chi connectivity index (χ1v) is 7.87. The molecule has 1 saturated heterocycles. The van der Waals surface area contributed by atoms with Crippen molar-refractivity contribution in [2.75, 3.05) is 12.4 Å². The molecule has 1 aromatic rings. The summed E-state index contributed by atoms with van der Waals surface area (Å²) in [5.74, 6) is 0.135. The number of sulfone groups is 1. The Kier molecular flexibility index (Phi) is 4.31. The highest BCUT2D eigenvalue weighted by Gasteiger charge is 2.23. The van der Waals surface area contributed by atoms with Crippen LogP contribution < -0.4 is 5.73 Å². The van der Waals surface area contributed by atoms with Crippen molar-refractivity contribution in [3.63, 3.8) is 0 Å². The average molecular weight is 270 g/mol. The average Bonchev–Trinajstić information content (AvgIpc) is 2.80. The molecule has 0 bridgehead atoms. The third kappa shape index (κ3) is 3.76. The number of aromatic nitrogens is 1. The van der Waals surface area contributed by atoms with E-state index in [-0.39, 0.29) is 17.6 Å². The van der Waals surface area contributed by atoms with E-state index in [1.807, 2.05) is 0 Å². The van der Waals surface area contributed by atoms with E-state index in [9.17, 15) is 8.42 Å². The molecule has 0 radical (unpaired) electrons. The highest BCUT2D eigenvalue weighted by molar-refractivity contribution is 7.90. The topological polar surface area (TPSA) is 82.3 Å². The van der Waals surface area contributed by atoms with Crippen molar-refractivity contribution in [2.24, 2.45) is 5.73 Å². The fourth-order valence-corrected chi connectivity index (χ4v) is 3.74. The Labute approximate surface area is 107 Å². The molecule has 1 unspecified atom stereocenters. The summed E-state index contributed by atoms with van der Waals surface area (Å²) in [5.41, 5.74) is 6.93. The summed E-state index contributed by atoms with van der Waals surface area (Å²) < 4.78 is 29.4. The zero-order valence-electron chi connectivity index (χ0n) is 10.2. The van der Waals surface area contributed by atoms with E-state index in [2.05, 4.69) is 4.98 Å². The van der Waals surface area contributed by atoms with E-state index < -0.39 is 9.84 Å². The van der Waals surface area contributed by atoms with E-state index in [4.69, 9.17) is 10.5 Å². The van der Waals surface area contributed by atoms with Gasteiger partial charge in [0.25, 0.3) is 0 Å². The standard InChI is InChI=1S/C12H18N2O3S/c13-7-11-6-10(3-4-14-11)8-18(15,16)9-12-2-1-5-17-12/h3-4,6,12H,1-2,5,7-9,13H2. The number of hydrogen-bond acceptors (Lipinski definition) is 5. The van der Waals surface area contributed by atoms with Crippen LogP contribution >= 0.6 is 0 Å². The summed E-state index contributed by atoms with van der Waals surface area (Å²) in [7, 11) is -3.14. The fraction of sp³-hybridized carbons (Fsp3) is 0.583. The van der Waals surface area contributed by atoms with Gasteiger partial charge in [-0.2, -0.15) is 0 Å². The molecule has 0 aromatic carbocycles. The Morgan fingerprint density at radius 3 is 3.00 bits per heavy atom. The van der Waals surface area contributed by atoms with Gasteiger partial charge in [-0.25, -0.2) is 8.42 Å². The quantitative estimate of drug-likeness (QED) is 0.848. The van der Waals surface area contributed by atoms with Gasteiger partial charge in [0.05, 0.1) is 23.3 Å². The first-order chi connectivity index (χ1) is 8.59. The fourth-order valence-electron chi connectivity index (χ4n) is 2.10. The van der Waals surface area contributed by atoms with Gasteiger partial charge in [0.1, 0.15) is 0 Å². The second kappa shape index (κ2) is 5.77. The van der Waals surface area contributed by atoms with Gasteiger partial charge >= 0.3 is 0 Å². The Hall–Kier alpha value is -0.980. The number of nitrogens with zero attached hydrogens (tertiary/aromatic N) is 1. The molecule has 1 atom stereocenters. The van der Waals surface area contributed by atoms with E-state index in [0.717, 1.165) is 18.4 Å². The molecule has 1 aliphatic rings. The zero-order chi connectivity index (χ0) is 13.0. The monoisotopic (exact) mass is 270 g/mol. The van der Waals surface area contributed by atoms with E-state index in [0.29, 0.717) is 18.8 Å². The molecule has 0 spiro atoms. The molecular weight excluding hydrogens is 252 g/mol. The molecule has 6 heteroatoms. The van der Waals surface area contributed by atoms with Crippen molar-refractivity contribution >= 4 is 9.84 Å². The van der Waals surface area contributed by atoms with E-state index >= 15 is 0 Å². The molecule has 100 valence electrons. The lowest BCUT2D eigenvalue weighted by Crippen LogP contribution is -2.21. The molecule has 1 aliphatic heterocycles. The van der Waals surface area contributed by atoms with Crippen LogP contribution in [0.15, 0.2) is 18.3 Å². The number of rotatable bonds is 5. The van der Waals surface area contributed by atoms with Gasteiger partial charge in [0, 0.05) is 19.3 Å². The third-order valence-corrected chi connectivity index (χ3v) is 4.59. The van der Waals surface area contributed by atoms with Crippen molar-refractivity contribution in [2.45, 2.75) is 31.2 Å². The molecule has 1 fully saturated rings. The van der Waals surface area contributed by atoms with Gasteiger partial charge in [-0.15, -0.1) is 0 Å². The molecule has 2 heterocycles. The Bertz CT molecular complexity index is 496. The number of ether oxygens (including phenoxy) is 1. The highest BCUT2D eigenvalue weighted by Crippen LogP contribution is 2.16. The molecule has 0 aliphatic carbocycles. The van der Waals surface area contributed by atoms with Crippen LogP contribution in [0.25, 0.3) is 0 Å². The lowest BCUT2D eigenvalue weighted by molar-refractivity contribution is 0.127. The van der Waals surface area contributed by atoms with Crippen LogP contribution in [-0.2, 0) is 26.9 Å². The summed E-state index contributed by atoms with van der Waals surface area (Å²) in [6, 6.07) is 3.46. The lowest BCUT2D eigenvalue weighted by atomic mass is 10.2. The SMILES string of the molecule is NCc1cc(CS(=O)(=O)CC2CCCO2)ccn1. The number of hydrogen-bond donors (Lipinski definition) is 1. The van der Waals surface area contributed by atoms with Crippen LogP contribution in [0.4, 0.5) is 0 Å². The van der Waals surface area contributed by atoms with Crippen LogP contribution in [0.5, 0.6) is 0 Å². The summed E-state index contributed by atoms with van der Waals surface area (Å²) in [4.78, 5) is 4.05. The molecule has 0 amide bonds. The Morgan fingerprint density at radius 1 is 1.50 bits per heavy atom. The number of nitrogens with two attached hydrogens (primary N) is 1. The van der Waals surface area contributed by atoms with Gasteiger partial charge < -0.3 is 10.5 Å². The molecule has 1 aromatic heterocycles. The smallest absolute Gasteiger partial charge is 0.156 e. The Morgan fingerprint density at radius 2 is 2.33 bits per heavy atom.